The second-order valence-electron chi connectivity index (χ2n) is 6.83. The summed E-state index contributed by atoms with van der Waals surface area (Å²) in [7, 11) is 0. The number of hydrogen-bond donors (Lipinski definition) is 1. The minimum absolute atomic E-state index is 0.100. The van der Waals surface area contributed by atoms with Crippen LogP contribution >= 0.6 is 0 Å². The van der Waals surface area contributed by atoms with Gasteiger partial charge in [0.2, 0.25) is 6.41 Å². The molecule has 2 heterocycles. The van der Waals surface area contributed by atoms with Gasteiger partial charge in [0.15, 0.2) is 0 Å². The normalized spacial score (nSPS) is 15.4. The van der Waals surface area contributed by atoms with Gasteiger partial charge in [0.25, 0.3) is 0 Å². The molecule has 4 aromatic rings. The monoisotopic (exact) mass is 372 g/mol. The maximum absolute atomic E-state index is 10.5. The summed E-state index contributed by atoms with van der Waals surface area (Å²) in [5.41, 5.74) is 3.44. The summed E-state index contributed by atoms with van der Waals surface area (Å²) in [5, 5.41) is 4.84. The Balaban J connectivity index is 1.71. The van der Waals surface area contributed by atoms with E-state index < -0.39 is 0 Å². The van der Waals surface area contributed by atoms with E-state index in [9.17, 15) is 4.79 Å². The molecule has 0 fully saturated rings. The molecule has 1 N–H and O–H groups in total. The van der Waals surface area contributed by atoms with Crippen molar-refractivity contribution in [2.75, 3.05) is 19.8 Å². The van der Waals surface area contributed by atoms with E-state index in [1.165, 1.54) is 5.56 Å². The lowest BCUT2D eigenvalue weighted by atomic mass is 10.1. The fourth-order valence-corrected chi connectivity index (χ4v) is 4.09. The zero-order valence-corrected chi connectivity index (χ0v) is 15.3. The number of para-hydroxylation sites is 1. The van der Waals surface area contributed by atoms with E-state index in [4.69, 9.17) is 9.47 Å². The van der Waals surface area contributed by atoms with Crippen molar-refractivity contribution in [1.29, 1.82) is 0 Å². The van der Waals surface area contributed by atoms with E-state index in [1.54, 1.807) is 0 Å². The van der Waals surface area contributed by atoms with Crippen molar-refractivity contribution in [1.82, 2.24) is 9.88 Å². The van der Waals surface area contributed by atoms with Crippen molar-refractivity contribution in [2.45, 2.75) is 6.04 Å². The molecule has 28 heavy (non-hydrogen) atoms. The smallest absolute Gasteiger partial charge is 0.207 e. The molecule has 0 bridgehead atoms. The van der Waals surface area contributed by atoms with Crippen molar-refractivity contribution in [3.05, 3.63) is 72.3 Å². The summed E-state index contributed by atoms with van der Waals surface area (Å²) in [4.78, 5) is 10.5. The van der Waals surface area contributed by atoms with Crippen molar-refractivity contribution in [2.24, 2.45) is 0 Å². The van der Waals surface area contributed by atoms with Gasteiger partial charge < -0.3 is 19.4 Å². The number of ether oxygens (including phenoxy) is 2. The highest BCUT2D eigenvalue weighted by Crippen LogP contribution is 2.44. The van der Waals surface area contributed by atoms with Crippen molar-refractivity contribution < 1.29 is 14.3 Å². The van der Waals surface area contributed by atoms with Crippen LogP contribution in [0.2, 0.25) is 0 Å². The quantitative estimate of drug-likeness (QED) is 0.413. The third-order valence-electron chi connectivity index (χ3n) is 5.25. The molecule has 1 amide bonds. The van der Waals surface area contributed by atoms with Crippen molar-refractivity contribution >= 4 is 28.2 Å². The first-order valence-corrected chi connectivity index (χ1v) is 9.41. The van der Waals surface area contributed by atoms with E-state index in [0.717, 1.165) is 33.3 Å². The Bertz CT molecular complexity index is 1150. The summed E-state index contributed by atoms with van der Waals surface area (Å²) in [5.74, 6) is 1.72. The predicted octanol–water partition coefficient (Wildman–Crippen LogP) is 3.90. The maximum Gasteiger partial charge on any atom is 0.207 e. The second kappa shape index (κ2) is 6.93. The van der Waals surface area contributed by atoms with Crippen LogP contribution in [0.3, 0.4) is 0 Å². The molecule has 0 aliphatic carbocycles. The van der Waals surface area contributed by atoms with Crippen LogP contribution in [0.1, 0.15) is 11.6 Å². The molecule has 0 radical (unpaired) electrons. The summed E-state index contributed by atoms with van der Waals surface area (Å²) < 4.78 is 14.5. The van der Waals surface area contributed by atoms with Crippen LogP contribution < -0.4 is 14.8 Å². The maximum atomic E-state index is 10.5. The lowest BCUT2D eigenvalue weighted by molar-refractivity contribution is -0.109. The van der Waals surface area contributed by atoms with E-state index in [-0.39, 0.29) is 6.04 Å². The number of nitrogens with zero attached hydrogens (tertiary/aromatic N) is 1. The largest absolute Gasteiger partial charge is 0.491 e. The Morgan fingerprint density at radius 3 is 2.79 bits per heavy atom. The van der Waals surface area contributed by atoms with E-state index in [2.05, 4.69) is 46.3 Å². The Morgan fingerprint density at radius 2 is 1.93 bits per heavy atom. The summed E-state index contributed by atoms with van der Waals surface area (Å²) in [6, 6.07) is 22.8. The molecule has 1 aromatic heterocycles. The van der Waals surface area contributed by atoms with Gasteiger partial charge in [-0.25, -0.2) is 0 Å². The summed E-state index contributed by atoms with van der Waals surface area (Å²) in [6.45, 7) is 1.48. The average molecular weight is 372 g/mol. The van der Waals surface area contributed by atoms with E-state index >= 15 is 0 Å². The lowest BCUT2D eigenvalue weighted by Gasteiger charge is -2.27. The molecule has 140 valence electrons. The van der Waals surface area contributed by atoms with Gasteiger partial charge in [-0.15, -0.1) is 0 Å². The zero-order chi connectivity index (χ0) is 18.9. The number of carbonyl (C=O) groups excluding carboxylic acids is 1. The number of hydrogen-bond acceptors (Lipinski definition) is 3. The molecular formula is C23H20N2O3. The van der Waals surface area contributed by atoms with Gasteiger partial charge in [0.05, 0.1) is 23.6 Å². The molecular weight excluding hydrogens is 352 g/mol. The number of rotatable bonds is 6. The summed E-state index contributed by atoms with van der Waals surface area (Å²) in [6.07, 6.45) is 0.687. The van der Waals surface area contributed by atoms with E-state index in [1.807, 2.05) is 30.3 Å². The zero-order valence-electron chi connectivity index (χ0n) is 15.3. The van der Waals surface area contributed by atoms with Crippen molar-refractivity contribution in [3.8, 4) is 11.5 Å². The molecule has 5 nitrogen and oxygen atoms in total. The first kappa shape index (κ1) is 16.7. The molecule has 1 aliphatic heterocycles. The molecule has 3 aromatic carbocycles. The average Bonchev–Trinajstić information content (AvgIpc) is 3.09. The number of aromatic nitrogens is 1. The molecule has 1 aliphatic rings. The highest BCUT2D eigenvalue weighted by atomic mass is 16.5. The number of carbonyl (C=O) groups is 1. The highest BCUT2D eigenvalue weighted by molar-refractivity contribution is 6.13. The first-order valence-electron chi connectivity index (χ1n) is 9.41. The fraction of sp³-hybridized carbons (Fsp3) is 0.174. The van der Waals surface area contributed by atoms with Gasteiger partial charge in [-0.05, 0) is 23.8 Å². The molecule has 0 saturated carbocycles. The molecule has 5 heteroatoms. The number of benzene rings is 3. The molecule has 0 spiro atoms. The van der Waals surface area contributed by atoms with Crippen LogP contribution in [-0.2, 0) is 4.79 Å². The molecule has 0 unspecified atom stereocenters. The van der Waals surface area contributed by atoms with Crippen LogP contribution in [0.25, 0.3) is 21.8 Å². The van der Waals surface area contributed by atoms with E-state index in [0.29, 0.717) is 26.2 Å². The second-order valence-corrected chi connectivity index (χ2v) is 6.83. The minimum atomic E-state index is 0.100. The van der Waals surface area contributed by atoms with Gasteiger partial charge in [-0.2, -0.15) is 0 Å². The van der Waals surface area contributed by atoms with Gasteiger partial charge in [0.1, 0.15) is 24.7 Å². The van der Waals surface area contributed by atoms with Gasteiger partial charge in [0, 0.05) is 10.8 Å². The Labute approximate surface area is 162 Å². The van der Waals surface area contributed by atoms with Gasteiger partial charge >= 0.3 is 0 Å². The van der Waals surface area contributed by atoms with Gasteiger partial charge in [-0.1, -0.05) is 48.5 Å². The van der Waals surface area contributed by atoms with Crippen molar-refractivity contribution in [3.63, 3.8) is 0 Å². The van der Waals surface area contributed by atoms with Crippen LogP contribution in [0.15, 0.2) is 66.7 Å². The van der Waals surface area contributed by atoms with Crippen LogP contribution in [0.4, 0.5) is 0 Å². The Kier molecular flexibility index (Phi) is 4.13. The third-order valence-corrected chi connectivity index (χ3v) is 5.25. The Hall–Kier alpha value is -3.47. The van der Waals surface area contributed by atoms with Gasteiger partial charge in [-0.3, -0.25) is 4.79 Å². The number of fused-ring (bicyclic) bond motifs is 3. The number of nitrogens with one attached hydrogen (secondary N) is 1. The molecule has 1 atom stereocenters. The lowest BCUT2D eigenvalue weighted by Crippen LogP contribution is -2.22. The van der Waals surface area contributed by atoms with Crippen LogP contribution in [0.5, 0.6) is 11.5 Å². The van der Waals surface area contributed by atoms with Crippen LogP contribution in [-0.4, -0.2) is 30.7 Å². The standard InChI is InChI=1S/C23H20N2O3/c26-15-24-12-13-27-20-10-5-9-18-22(20)17-8-4-11-21-23(17)25(18)19(14-28-21)16-6-2-1-3-7-16/h1-11,15,19H,12-14H2,(H,24,26)/t19-/m0/s1. The van der Waals surface area contributed by atoms with Crippen LogP contribution in [0, 0.1) is 0 Å². The topological polar surface area (TPSA) is 52.5 Å². The molecule has 5 rings (SSSR count). The molecule has 0 saturated heterocycles. The third kappa shape index (κ3) is 2.59. The summed E-state index contributed by atoms with van der Waals surface area (Å²) >= 11 is 0. The Morgan fingerprint density at radius 1 is 1.07 bits per heavy atom. The predicted molar refractivity (Wildman–Crippen MR) is 109 cm³/mol. The minimum Gasteiger partial charge on any atom is -0.491 e. The first-order chi connectivity index (χ1) is 13.9. The highest BCUT2D eigenvalue weighted by Gasteiger charge is 2.28. The SMILES string of the molecule is O=CNCCOc1cccc2c1c1cccc3c1n2[C@H](c1ccccc1)CO3. The number of amides is 1. The fourth-order valence-electron chi connectivity index (χ4n) is 4.09.